The first-order valence-corrected chi connectivity index (χ1v) is 11.7. The molecule has 2 aromatic carbocycles. The van der Waals surface area contributed by atoms with E-state index in [9.17, 15) is 24.6 Å². The van der Waals surface area contributed by atoms with Crippen LogP contribution in [0, 0.1) is 5.92 Å². The third-order valence-electron chi connectivity index (χ3n) is 6.65. The van der Waals surface area contributed by atoms with Crippen molar-refractivity contribution in [3.05, 3.63) is 59.7 Å². The molecule has 0 aliphatic heterocycles. The quantitative estimate of drug-likeness (QED) is 0.474. The maximum absolute atomic E-state index is 12.6. The lowest BCUT2D eigenvalue weighted by molar-refractivity contribution is -0.139. The zero-order valence-electron chi connectivity index (χ0n) is 18.9. The lowest BCUT2D eigenvalue weighted by Crippen LogP contribution is -2.49. The number of aliphatic carboxylic acids is 1. The van der Waals surface area contributed by atoms with E-state index in [0.29, 0.717) is 13.0 Å². The van der Waals surface area contributed by atoms with Gasteiger partial charge in [-0.3, -0.25) is 9.59 Å². The Kier molecular flexibility index (Phi) is 7.47. The first-order chi connectivity index (χ1) is 16.4. The minimum absolute atomic E-state index is 0.0707. The van der Waals surface area contributed by atoms with Crippen LogP contribution in [0.2, 0.25) is 0 Å². The molecular weight excluding hydrogens is 436 g/mol. The Morgan fingerprint density at radius 3 is 2.26 bits per heavy atom. The second-order valence-corrected chi connectivity index (χ2v) is 9.05. The number of amides is 2. The van der Waals surface area contributed by atoms with Crippen LogP contribution < -0.4 is 10.6 Å². The molecule has 34 heavy (non-hydrogen) atoms. The molecule has 2 amide bonds. The van der Waals surface area contributed by atoms with Crippen LogP contribution in [0.5, 0.6) is 0 Å². The summed E-state index contributed by atoms with van der Waals surface area (Å²) < 4.78 is 5.45. The molecule has 1 fully saturated rings. The van der Waals surface area contributed by atoms with E-state index in [1.165, 1.54) is 0 Å². The monoisotopic (exact) mass is 466 g/mol. The summed E-state index contributed by atoms with van der Waals surface area (Å²) in [4.78, 5) is 36.4. The Labute approximate surface area is 198 Å². The molecule has 0 radical (unpaired) electrons. The molecule has 0 aromatic heterocycles. The summed E-state index contributed by atoms with van der Waals surface area (Å²) in [5.41, 5.74) is 4.32. The summed E-state index contributed by atoms with van der Waals surface area (Å²) in [5, 5.41) is 24.1. The maximum atomic E-state index is 12.6. The van der Waals surface area contributed by atoms with Crippen molar-refractivity contribution in [2.24, 2.45) is 5.92 Å². The topological polar surface area (TPSA) is 125 Å². The second-order valence-electron chi connectivity index (χ2n) is 9.05. The standard InChI is InChI=1S/C26H30N2O6/c29-17-7-5-6-16(12-17)14-27-25(32)23(13-24(30)31)28-26(33)34-15-22-20-10-3-1-8-18(20)19-9-2-4-11-21(19)22/h1-4,8-11,16-17,22-23,29H,5-7,12-15H2,(H,27,32)(H,28,33)(H,30,31). The van der Waals surface area contributed by atoms with E-state index in [2.05, 4.69) is 10.6 Å². The predicted molar refractivity (Wildman–Crippen MR) is 125 cm³/mol. The van der Waals surface area contributed by atoms with Gasteiger partial charge in [-0.25, -0.2) is 4.79 Å². The number of carboxylic acid groups (broad SMARTS) is 1. The van der Waals surface area contributed by atoms with E-state index >= 15 is 0 Å². The number of hydrogen-bond acceptors (Lipinski definition) is 5. The van der Waals surface area contributed by atoms with Crippen LogP contribution in [-0.2, 0) is 14.3 Å². The number of carboxylic acids is 1. The summed E-state index contributed by atoms with van der Waals surface area (Å²) in [6.45, 7) is 0.402. The Hall–Kier alpha value is -3.39. The summed E-state index contributed by atoms with van der Waals surface area (Å²) in [7, 11) is 0. The van der Waals surface area contributed by atoms with Gasteiger partial charge in [-0.05, 0) is 47.4 Å². The highest BCUT2D eigenvalue weighted by molar-refractivity contribution is 5.89. The Morgan fingerprint density at radius 1 is 1.00 bits per heavy atom. The Balaban J connectivity index is 1.35. The van der Waals surface area contributed by atoms with Gasteiger partial charge in [0.05, 0.1) is 12.5 Å². The van der Waals surface area contributed by atoms with Crippen molar-refractivity contribution in [1.29, 1.82) is 0 Å². The Bertz CT molecular complexity index is 1010. The van der Waals surface area contributed by atoms with Crippen molar-refractivity contribution < 1.29 is 29.3 Å². The van der Waals surface area contributed by atoms with E-state index in [1.807, 2.05) is 48.5 Å². The summed E-state index contributed by atoms with van der Waals surface area (Å²) in [5.74, 6) is -1.78. The number of carbonyl (C=O) groups excluding carboxylic acids is 2. The first-order valence-electron chi connectivity index (χ1n) is 11.7. The smallest absolute Gasteiger partial charge is 0.407 e. The molecule has 0 spiro atoms. The largest absolute Gasteiger partial charge is 0.481 e. The molecule has 3 atom stereocenters. The lowest BCUT2D eigenvalue weighted by atomic mass is 9.87. The molecule has 0 bridgehead atoms. The fourth-order valence-electron chi connectivity index (χ4n) is 4.98. The molecule has 180 valence electrons. The maximum Gasteiger partial charge on any atom is 0.407 e. The molecule has 0 heterocycles. The van der Waals surface area contributed by atoms with Gasteiger partial charge >= 0.3 is 12.1 Å². The van der Waals surface area contributed by atoms with E-state index in [1.54, 1.807) is 0 Å². The number of aliphatic hydroxyl groups excluding tert-OH is 1. The van der Waals surface area contributed by atoms with Crippen molar-refractivity contribution >= 4 is 18.0 Å². The molecule has 1 saturated carbocycles. The minimum atomic E-state index is -1.25. The van der Waals surface area contributed by atoms with E-state index in [-0.39, 0.29) is 24.5 Å². The summed E-state index contributed by atoms with van der Waals surface area (Å²) >= 11 is 0. The minimum Gasteiger partial charge on any atom is -0.481 e. The second kappa shape index (κ2) is 10.7. The number of rotatable bonds is 8. The highest BCUT2D eigenvalue weighted by Crippen LogP contribution is 2.44. The van der Waals surface area contributed by atoms with Crippen molar-refractivity contribution in [2.75, 3.05) is 13.2 Å². The average Bonchev–Trinajstić information content (AvgIpc) is 3.14. The van der Waals surface area contributed by atoms with Gasteiger partial charge in [0.2, 0.25) is 5.91 Å². The number of hydrogen-bond donors (Lipinski definition) is 4. The molecule has 8 heteroatoms. The van der Waals surface area contributed by atoms with Crippen LogP contribution in [0.25, 0.3) is 11.1 Å². The van der Waals surface area contributed by atoms with Gasteiger partial charge in [-0.15, -0.1) is 0 Å². The van der Waals surface area contributed by atoms with Crippen LogP contribution >= 0.6 is 0 Å². The van der Waals surface area contributed by atoms with Gasteiger partial charge in [0, 0.05) is 12.5 Å². The molecule has 2 aliphatic carbocycles. The SMILES string of the molecule is O=C(O)CC(NC(=O)OCC1c2ccccc2-c2ccccc21)C(=O)NCC1CCCC(O)C1. The van der Waals surface area contributed by atoms with Gasteiger partial charge in [-0.2, -0.15) is 0 Å². The molecule has 0 saturated heterocycles. The molecule has 2 aliphatic rings. The van der Waals surface area contributed by atoms with Crippen LogP contribution in [0.4, 0.5) is 4.79 Å². The number of fused-ring (bicyclic) bond motifs is 3. The predicted octanol–water partition coefficient (Wildman–Crippen LogP) is 3.04. The number of carbonyl (C=O) groups is 3. The molecular formula is C26H30N2O6. The van der Waals surface area contributed by atoms with Gasteiger partial charge in [0.25, 0.3) is 0 Å². The number of ether oxygens (including phenoxy) is 1. The van der Waals surface area contributed by atoms with Crippen LogP contribution in [0.3, 0.4) is 0 Å². The van der Waals surface area contributed by atoms with Crippen LogP contribution in [-0.4, -0.2) is 53.5 Å². The van der Waals surface area contributed by atoms with E-state index in [4.69, 9.17) is 4.74 Å². The van der Waals surface area contributed by atoms with Crippen LogP contribution in [0.1, 0.15) is 49.1 Å². The highest BCUT2D eigenvalue weighted by atomic mass is 16.5. The Morgan fingerprint density at radius 2 is 1.65 bits per heavy atom. The van der Waals surface area contributed by atoms with Crippen molar-refractivity contribution in [2.45, 2.75) is 50.2 Å². The molecule has 4 N–H and O–H groups in total. The van der Waals surface area contributed by atoms with E-state index in [0.717, 1.165) is 41.5 Å². The lowest BCUT2D eigenvalue weighted by Gasteiger charge is -2.26. The first kappa shape index (κ1) is 23.8. The van der Waals surface area contributed by atoms with Crippen molar-refractivity contribution in [1.82, 2.24) is 10.6 Å². The van der Waals surface area contributed by atoms with Gasteiger partial charge in [-0.1, -0.05) is 55.0 Å². The molecule has 2 aromatic rings. The molecule has 4 rings (SSSR count). The zero-order chi connectivity index (χ0) is 24.1. The number of nitrogens with one attached hydrogen (secondary N) is 2. The van der Waals surface area contributed by atoms with Gasteiger partial charge < -0.3 is 25.6 Å². The number of aliphatic hydroxyl groups is 1. The van der Waals surface area contributed by atoms with Crippen molar-refractivity contribution in [3.63, 3.8) is 0 Å². The summed E-state index contributed by atoms with van der Waals surface area (Å²) in [6, 6.07) is 14.6. The average molecular weight is 467 g/mol. The highest BCUT2D eigenvalue weighted by Gasteiger charge is 2.30. The summed E-state index contributed by atoms with van der Waals surface area (Å²) in [6.07, 6.45) is 1.38. The third kappa shape index (κ3) is 5.56. The number of benzene rings is 2. The number of alkyl carbamates (subject to hydrolysis) is 1. The van der Waals surface area contributed by atoms with Gasteiger partial charge in [0.1, 0.15) is 12.6 Å². The van der Waals surface area contributed by atoms with E-state index < -0.39 is 30.4 Å². The molecule has 8 nitrogen and oxygen atoms in total. The zero-order valence-corrected chi connectivity index (χ0v) is 18.9. The van der Waals surface area contributed by atoms with Crippen LogP contribution in [0.15, 0.2) is 48.5 Å². The normalized spacial score (nSPS) is 20.0. The third-order valence-corrected chi connectivity index (χ3v) is 6.65. The van der Waals surface area contributed by atoms with Gasteiger partial charge in [0.15, 0.2) is 0 Å². The fraction of sp³-hybridized carbons (Fsp3) is 0.423. The molecule has 3 unspecified atom stereocenters. The fourth-order valence-corrected chi connectivity index (χ4v) is 4.98. The van der Waals surface area contributed by atoms with Crippen molar-refractivity contribution in [3.8, 4) is 11.1 Å².